The number of aromatic carboxylic acids is 1. The number of carboxylic acid groups (broad SMARTS) is 1. The highest BCUT2D eigenvalue weighted by atomic mass is 19.1. The van der Waals surface area contributed by atoms with Crippen molar-refractivity contribution < 1.29 is 19.0 Å². The lowest BCUT2D eigenvalue weighted by atomic mass is 10.1. The van der Waals surface area contributed by atoms with Gasteiger partial charge in [0.2, 0.25) is 5.43 Å². The third-order valence-corrected chi connectivity index (χ3v) is 5.21. The Bertz CT molecular complexity index is 963. The number of hydrogen-bond donors (Lipinski definition) is 1. The summed E-state index contributed by atoms with van der Waals surface area (Å²) in [5, 5.41) is 9.57. The van der Waals surface area contributed by atoms with Crippen LogP contribution in [0.2, 0.25) is 0 Å². The molecule has 1 atom stereocenters. The molecule has 2 aliphatic rings. The van der Waals surface area contributed by atoms with E-state index in [1.165, 1.54) is 12.3 Å². The molecular formula is C18H20FN3O4. The van der Waals surface area contributed by atoms with Crippen molar-refractivity contribution in [3.05, 3.63) is 33.9 Å². The average molecular weight is 361 g/mol. The molecule has 0 amide bonds. The number of carboxylic acids is 1. The second-order valence-electron chi connectivity index (χ2n) is 6.97. The van der Waals surface area contributed by atoms with Gasteiger partial charge < -0.3 is 24.2 Å². The van der Waals surface area contributed by atoms with Crippen LogP contribution in [0.25, 0.3) is 10.9 Å². The van der Waals surface area contributed by atoms with E-state index >= 15 is 4.39 Å². The van der Waals surface area contributed by atoms with Crippen LogP contribution in [0.15, 0.2) is 17.1 Å². The van der Waals surface area contributed by atoms with E-state index < -0.39 is 17.2 Å². The topological polar surface area (TPSA) is 75.0 Å². The molecule has 8 heteroatoms. The largest absolute Gasteiger partial charge is 0.486 e. The van der Waals surface area contributed by atoms with E-state index in [0.717, 1.165) is 13.1 Å². The molecule has 4 rings (SSSR count). The Morgan fingerprint density at radius 2 is 2.00 bits per heavy atom. The van der Waals surface area contributed by atoms with E-state index in [0.29, 0.717) is 24.3 Å². The number of pyridine rings is 1. The number of aromatic nitrogens is 1. The zero-order chi connectivity index (χ0) is 18.6. The summed E-state index contributed by atoms with van der Waals surface area (Å²) < 4.78 is 22.5. The fourth-order valence-electron chi connectivity index (χ4n) is 3.64. The first-order chi connectivity index (χ1) is 12.4. The number of likely N-dealkylation sites (N-methyl/N-ethyl adjacent to an activating group) is 1. The van der Waals surface area contributed by atoms with Crippen LogP contribution in [-0.2, 0) is 0 Å². The average Bonchev–Trinajstić information content (AvgIpc) is 2.61. The maximum Gasteiger partial charge on any atom is 0.341 e. The zero-order valence-corrected chi connectivity index (χ0v) is 14.7. The highest BCUT2D eigenvalue weighted by molar-refractivity contribution is 5.96. The SMILES string of the molecule is C[C@@H]1COc2c(F)c(N3CCN(C)CC3)cc3c(=O)c(C(=O)O)cn1c23. The Morgan fingerprint density at radius 1 is 1.31 bits per heavy atom. The van der Waals surface area contributed by atoms with Crippen LogP contribution in [0.4, 0.5) is 10.1 Å². The van der Waals surface area contributed by atoms with Crippen molar-refractivity contribution in [1.29, 1.82) is 0 Å². The zero-order valence-electron chi connectivity index (χ0n) is 14.7. The van der Waals surface area contributed by atoms with Gasteiger partial charge in [-0.1, -0.05) is 0 Å². The van der Waals surface area contributed by atoms with E-state index in [-0.39, 0.29) is 29.3 Å². The van der Waals surface area contributed by atoms with E-state index in [1.54, 1.807) is 4.57 Å². The highest BCUT2D eigenvalue weighted by Gasteiger charge is 2.30. The fourth-order valence-corrected chi connectivity index (χ4v) is 3.64. The van der Waals surface area contributed by atoms with Crippen LogP contribution in [0, 0.1) is 5.82 Å². The molecule has 1 aromatic carbocycles. The van der Waals surface area contributed by atoms with Crippen molar-refractivity contribution in [1.82, 2.24) is 9.47 Å². The van der Waals surface area contributed by atoms with Crippen molar-refractivity contribution in [2.75, 3.05) is 44.7 Å². The van der Waals surface area contributed by atoms with Gasteiger partial charge in [-0.15, -0.1) is 0 Å². The molecule has 138 valence electrons. The molecule has 0 bridgehead atoms. The van der Waals surface area contributed by atoms with E-state index in [2.05, 4.69) is 4.90 Å². The van der Waals surface area contributed by atoms with Gasteiger partial charge >= 0.3 is 5.97 Å². The van der Waals surface area contributed by atoms with Crippen molar-refractivity contribution in [3.63, 3.8) is 0 Å². The Labute approximate surface area is 149 Å². The van der Waals surface area contributed by atoms with Gasteiger partial charge in [0.25, 0.3) is 0 Å². The lowest BCUT2D eigenvalue weighted by molar-refractivity contribution is 0.0694. The Balaban J connectivity index is 2.00. The van der Waals surface area contributed by atoms with Gasteiger partial charge in [-0.2, -0.15) is 0 Å². The number of halogens is 1. The standard InChI is InChI=1S/C18H20FN3O4/c1-10-9-26-17-14(19)13(21-5-3-20(2)4-6-21)7-11-15(17)22(10)8-12(16(11)23)18(24)25/h7-8,10H,3-6,9H2,1-2H3,(H,24,25)/t10-/m1/s1. The van der Waals surface area contributed by atoms with Crippen molar-refractivity contribution in [2.24, 2.45) is 0 Å². The maximum absolute atomic E-state index is 15.2. The number of benzene rings is 1. The molecule has 0 radical (unpaired) electrons. The van der Waals surface area contributed by atoms with E-state index in [4.69, 9.17) is 4.74 Å². The number of anilines is 1. The first-order valence-electron chi connectivity index (χ1n) is 8.59. The first kappa shape index (κ1) is 16.8. The molecule has 0 saturated carbocycles. The first-order valence-corrected chi connectivity index (χ1v) is 8.59. The number of rotatable bonds is 2. The number of hydrogen-bond acceptors (Lipinski definition) is 5. The highest BCUT2D eigenvalue weighted by Crippen LogP contribution is 2.39. The van der Waals surface area contributed by atoms with Crippen LogP contribution >= 0.6 is 0 Å². The molecular weight excluding hydrogens is 341 g/mol. The van der Waals surface area contributed by atoms with Crippen molar-refractivity contribution >= 4 is 22.6 Å². The summed E-state index contributed by atoms with van der Waals surface area (Å²) in [6.45, 7) is 4.87. The van der Waals surface area contributed by atoms with Crippen molar-refractivity contribution in [3.8, 4) is 5.75 Å². The monoisotopic (exact) mass is 361 g/mol. The summed E-state index contributed by atoms with van der Waals surface area (Å²) in [5.41, 5.74) is -0.304. The predicted molar refractivity (Wildman–Crippen MR) is 95.0 cm³/mol. The van der Waals surface area contributed by atoms with Crippen molar-refractivity contribution in [2.45, 2.75) is 13.0 Å². The summed E-state index contributed by atoms with van der Waals surface area (Å²) in [6, 6.07) is 1.28. The van der Waals surface area contributed by atoms with E-state index in [9.17, 15) is 14.7 Å². The minimum absolute atomic E-state index is 0.0311. The molecule has 2 aromatic rings. The second-order valence-corrected chi connectivity index (χ2v) is 6.97. The molecule has 0 unspecified atom stereocenters. The van der Waals surface area contributed by atoms with Gasteiger partial charge in [-0.25, -0.2) is 9.18 Å². The third-order valence-electron chi connectivity index (χ3n) is 5.21. The van der Waals surface area contributed by atoms with Gasteiger partial charge in [-0.3, -0.25) is 4.79 Å². The molecule has 0 spiro atoms. The number of piperazine rings is 1. The Kier molecular flexibility index (Phi) is 3.87. The van der Waals surface area contributed by atoms with E-state index in [1.807, 2.05) is 18.9 Å². The minimum Gasteiger partial charge on any atom is -0.486 e. The molecule has 3 heterocycles. The van der Waals surface area contributed by atoms with Crippen LogP contribution in [0.1, 0.15) is 23.3 Å². The molecule has 1 aromatic heterocycles. The van der Waals surface area contributed by atoms with Gasteiger partial charge in [0.05, 0.1) is 22.6 Å². The van der Waals surface area contributed by atoms with Crippen LogP contribution in [-0.4, -0.2) is 60.4 Å². The molecule has 1 saturated heterocycles. The molecule has 2 aliphatic heterocycles. The molecule has 1 fully saturated rings. The molecule has 26 heavy (non-hydrogen) atoms. The maximum atomic E-state index is 15.2. The van der Waals surface area contributed by atoms with Crippen LogP contribution in [0.5, 0.6) is 5.75 Å². The van der Waals surface area contributed by atoms with Gasteiger partial charge in [0.15, 0.2) is 11.6 Å². The number of nitrogens with zero attached hydrogens (tertiary/aromatic N) is 3. The fraction of sp³-hybridized carbons (Fsp3) is 0.444. The minimum atomic E-state index is -1.29. The number of carbonyl (C=O) groups is 1. The third kappa shape index (κ3) is 2.44. The van der Waals surface area contributed by atoms with Gasteiger partial charge in [-0.05, 0) is 20.0 Å². The second kappa shape index (κ2) is 5.98. The normalized spacial score (nSPS) is 20.3. The lowest BCUT2D eigenvalue weighted by Gasteiger charge is -2.35. The quantitative estimate of drug-likeness (QED) is 0.875. The van der Waals surface area contributed by atoms with Gasteiger partial charge in [0.1, 0.15) is 12.2 Å². The van der Waals surface area contributed by atoms with Gasteiger partial charge in [0, 0.05) is 32.4 Å². The molecule has 7 nitrogen and oxygen atoms in total. The number of ether oxygens (including phenoxy) is 1. The molecule has 1 N–H and O–H groups in total. The lowest BCUT2D eigenvalue weighted by Crippen LogP contribution is -2.45. The summed E-state index contributed by atoms with van der Waals surface area (Å²) in [4.78, 5) is 28.2. The van der Waals surface area contributed by atoms with Crippen LogP contribution in [0.3, 0.4) is 0 Å². The van der Waals surface area contributed by atoms with Crippen LogP contribution < -0.4 is 15.1 Å². The summed E-state index contributed by atoms with van der Waals surface area (Å²) in [6.07, 6.45) is 1.29. The predicted octanol–water partition coefficient (Wildman–Crippen LogP) is 1.54. The summed E-state index contributed by atoms with van der Waals surface area (Å²) in [7, 11) is 2.00. The summed E-state index contributed by atoms with van der Waals surface area (Å²) in [5.74, 6) is -1.75. The summed E-state index contributed by atoms with van der Waals surface area (Å²) >= 11 is 0. The molecule has 0 aliphatic carbocycles. The Hall–Kier alpha value is -2.61. The Morgan fingerprint density at radius 3 is 2.65 bits per heavy atom. The smallest absolute Gasteiger partial charge is 0.341 e.